The number of aromatic nitrogens is 3. The topological polar surface area (TPSA) is 120 Å². The number of carbonyl (C=O) groups is 1. The summed E-state index contributed by atoms with van der Waals surface area (Å²) in [6.45, 7) is 9.39. The molecule has 230 valence electrons. The van der Waals surface area contributed by atoms with E-state index in [9.17, 15) is 9.59 Å². The summed E-state index contributed by atoms with van der Waals surface area (Å²) in [4.78, 5) is 42.8. The van der Waals surface area contributed by atoms with Crippen LogP contribution in [0.3, 0.4) is 0 Å². The molecule has 11 nitrogen and oxygen atoms in total. The molecular weight excluding hydrogens is 556 g/mol. The lowest BCUT2D eigenvalue weighted by molar-refractivity contribution is 0.0833. The highest BCUT2D eigenvalue weighted by molar-refractivity contribution is 5.99. The number of Topliss-reactive ketones (excluding diaryl/α,β-unsaturated/α-hetero) is 1. The Balaban J connectivity index is 1.09. The first kappa shape index (κ1) is 28.7. The highest BCUT2D eigenvalue weighted by atomic mass is 16.5. The van der Waals surface area contributed by atoms with E-state index in [0.717, 1.165) is 93.8 Å². The van der Waals surface area contributed by atoms with Crippen LogP contribution in [0.25, 0.3) is 11.0 Å². The SMILES string of the molecule is CC(=O)c1c(C)c2cnc(Nc3ccc4c(c3)OC[C@H]3CN(C5CCN(CC#N)CC5)CCN43)nc2n(C2CCCC2)c1=O. The van der Waals surface area contributed by atoms with Gasteiger partial charge < -0.3 is 15.0 Å². The average Bonchev–Trinajstić information content (AvgIpc) is 3.55. The van der Waals surface area contributed by atoms with Gasteiger partial charge in [0.15, 0.2) is 5.78 Å². The van der Waals surface area contributed by atoms with Crippen molar-refractivity contribution in [1.29, 1.82) is 5.26 Å². The van der Waals surface area contributed by atoms with Gasteiger partial charge in [-0.2, -0.15) is 10.2 Å². The Morgan fingerprint density at radius 2 is 1.89 bits per heavy atom. The third-order valence-electron chi connectivity index (χ3n) is 10.1. The van der Waals surface area contributed by atoms with Gasteiger partial charge in [0.05, 0.1) is 29.9 Å². The maximum atomic E-state index is 13.5. The Morgan fingerprint density at radius 3 is 2.64 bits per heavy atom. The molecule has 1 saturated carbocycles. The minimum atomic E-state index is -0.250. The number of nitrogens with zero attached hydrogens (tertiary/aromatic N) is 7. The molecule has 11 heteroatoms. The number of hydrogen-bond acceptors (Lipinski definition) is 10. The maximum absolute atomic E-state index is 13.5. The van der Waals surface area contributed by atoms with Crippen molar-refractivity contribution in [2.24, 2.45) is 0 Å². The first-order chi connectivity index (χ1) is 21.4. The molecule has 3 aliphatic heterocycles. The van der Waals surface area contributed by atoms with Crippen LogP contribution >= 0.6 is 0 Å². The predicted molar refractivity (Wildman–Crippen MR) is 169 cm³/mol. The molecule has 44 heavy (non-hydrogen) atoms. The number of likely N-dealkylation sites (tertiary alicyclic amines) is 1. The molecule has 3 fully saturated rings. The van der Waals surface area contributed by atoms with Gasteiger partial charge in [0.1, 0.15) is 18.0 Å². The minimum absolute atomic E-state index is 0.0355. The fraction of sp³-hybridized carbons (Fsp3) is 0.545. The van der Waals surface area contributed by atoms with Crippen LogP contribution in [0.5, 0.6) is 5.75 Å². The summed E-state index contributed by atoms with van der Waals surface area (Å²) in [5, 5.41) is 13.1. The van der Waals surface area contributed by atoms with Crippen molar-refractivity contribution < 1.29 is 9.53 Å². The number of nitriles is 1. The summed E-state index contributed by atoms with van der Waals surface area (Å²) < 4.78 is 8.05. The summed E-state index contributed by atoms with van der Waals surface area (Å²) in [5.41, 5.74) is 3.13. The van der Waals surface area contributed by atoms with Crippen LogP contribution < -0.4 is 20.5 Å². The zero-order valence-electron chi connectivity index (χ0n) is 25.6. The lowest BCUT2D eigenvalue weighted by Crippen LogP contribution is -2.60. The number of ether oxygens (including phenoxy) is 1. The highest BCUT2D eigenvalue weighted by Gasteiger charge is 2.36. The number of anilines is 3. The number of rotatable bonds is 6. The van der Waals surface area contributed by atoms with Gasteiger partial charge >= 0.3 is 0 Å². The molecule has 5 heterocycles. The second-order valence-corrected chi connectivity index (χ2v) is 12.7. The van der Waals surface area contributed by atoms with Crippen LogP contribution in [0.15, 0.2) is 29.2 Å². The molecule has 7 rings (SSSR count). The average molecular weight is 597 g/mol. The van der Waals surface area contributed by atoms with Crippen molar-refractivity contribution in [1.82, 2.24) is 24.3 Å². The van der Waals surface area contributed by atoms with E-state index in [1.165, 1.54) is 6.92 Å². The van der Waals surface area contributed by atoms with Gasteiger partial charge in [0.2, 0.25) is 5.95 Å². The molecule has 4 aliphatic rings. The van der Waals surface area contributed by atoms with E-state index < -0.39 is 0 Å². The number of pyridine rings is 1. The van der Waals surface area contributed by atoms with E-state index in [1.54, 1.807) is 10.8 Å². The van der Waals surface area contributed by atoms with E-state index in [2.05, 4.69) is 37.1 Å². The largest absolute Gasteiger partial charge is 0.489 e. The van der Waals surface area contributed by atoms with Gasteiger partial charge in [-0.05, 0) is 57.2 Å². The second kappa shape index (κ2) is 11.8. The molecule has 0 radical (unpaired) electrons. The summed E-state index contributed by atoms with van der Waals surface area (Å²) in [7, 11) is 0. The van der Waals surface area contributed by atoms with Crippen LogP contribution in [0.4, 0.5) is 17.3 Å². The summed E-state index contributed by atoms with van der Waals surface area (Å²) >= 11 is 0. The van der Waals surface area contributed by atoms with E-state index in [0.29, 0.717) is 42.4 Å². The molecule has 0 unspecified atom stereocenters. The van der Waals surface area contributed by atoms with E-state index in [1.807, 2.05) is 19.1 Å². The van der Waals surface area contributed by atoms with Crippen molar-refractivity contribution in [3.05, 3.63) is 45.9 Å². The zero-order chi connectivity index (χ0) is 30.4. The Kier molecular flexibility index (Phi) is 7.72. The maximum Gasteiger partial charge on any atom is 0.263 e. The van der Waals surface area contributed by atoms with Gasteiger partial charge in [-0.25, -0.2) is 4.98 Å². The van der Waals surface area contributed by atoms with Gasteiger partial charge in [-0.1, -0.05) is 12.8 Å². The van der Waals surface area contributed by atoms with Crippen LogP contribution in [-0.4, -0.2) is 88.1 Å². The lowest BCUT2D eigenvalue weighted by Gasteiger charge is -2.49. The second-order valence-electron chi connectivity index (χ2n) is 12.7. The highest BCUT2D eigenvalue weighted by Crippen LogP contribution is 2.39. The standard InChI is InChI=1S/C33H40N8O3/c1-21-27-18-35-33(37-31(27)41(25-5-3-4-6-25)32(43)30(21)22(2)42)36-23-7-8-28-29(17-23)44-20-26-19-39(15-16-40(26)28)24-9-12-38(13-10-24)14-11-34/h7-8,17-18,24-26H,3-6,9-10,12-16,19-20H2,1-2H3,(H,35,36,37)/t26-/m1/s1. The van der Waals surface area contributed by atoms with Crippen LogP contribution in [0.2, 0.25) is 0 Å². The third-order valence-corrected chi connectivity index (χ3v) is 10.1. The minimum Gasteiger partial charge on any atom is -0.489 e. The fourth-order valence-electron chi connectivity index (χ4n) is 7.78. The van der Waals surface area contributed by atoms with Gasteiger partial charge in [0, 0.05) is 68.1 Å². The third kappa shape index (κ3) is 5.20. The van der Waals surface area contributed by atoms with E-state index in [4.69, 9.17) is 15.0 Å². The predicted octanol–water partition coefficient (Wildman–Crippen LogP) is 4.03. The molecule has 1 aliphatic carbocycles. The fourth-order valence-corrected chi connectivity index (χ4v) is 7.78. The van der Waals surface area contributed by atoms with E-state index >= 15 is 0 Å². The number of piperazine rings is 1. The normalized spacial score (nSPS) is 21.5. The monoisotopic (exact) mass is 596 g/mol. The number of fused-ring (bicyclic) bond motifs is 4. The summed E-state index contributed by atoms with van der Waals surface area (Å²) in [6.07, 6.45) is 7.89. The number of benzene rings is 1. The molecule has 0 spiro atoms. The van der Waals surface area contributed by atoms with Crippen LogP contribution in [-0.2, 0) is 0 Å². The quantitative estimate of drug-likeness (QED) is 0.330. The Labute approximate surface area is 257 Å². The van der Waals surface area contributed by atoms with Gasteiger partial charge in [-0.3, -0.25) is 24.0 Å². The number of hydrogen-bond donors (Lipinski definition) is 1. The molecule has 2 aromatic heterocycles. The molecule has 2 saturated heterocycles. The van der Waals surface area contributed by atoms with Crippen LogP contribution in [0, 0.1) is 18.3 Å². The smallest absolute Gasteiger partial charge is 0.263 e. The number of ketones is 1. The first-order valence-electron chi connectivity index (χ1n) is 16.0. The van der Waals surface area contributed by atoms with E-state index in [-0.39, 0.29) is 22.9 Å². The number of piperidine rings is 1. The van der Waals surface area contributed by atoms with Crippen molar-refractivity contribution in [2.75, 3.05) is 56.1 Å². The molecule has 1 N–H and O–H groups in total. The molecule has 1 atom stereocenters. The van der Waals surface area contributed by atoms with Gasteiger partial charge in [0.25, 0.3) is 5.56 Å². The molecule has 0 bridgehead atoms. The summed E-state index contributed by atoms with van der Waals surface area (Å²) in [6, 6.07) is 9.35. The van der Waals surface area contributed by atoms with Crippen molar-refractivity contribution in [2.45, 2.75) is 70.5 Å². The van der Waals surface area contributed by atoms with Crippen molar-refractivity contribution >= 4 is 34.1 Å². The Bertz CT molecular complexity index is 1680. The molecule has 0 amide bonds. The van der Waals surface area contributed by atoms with Crippen molar-refractivity contribution in [3.8, 4) is 11.8 Å². The van der Waals surface area contributed by atoms with Gasteiger partial charge in [-0.15, -0.1) is 0 Å². The zero-order valence-corrected chi connectivity index (χ0v) is 25.6. The lowest BCUT2D eigenvalue weighted by atomic mass is 9.99. The Morgan fingerprint density at radius 1 is 1.09 bits per heavy atom. The molecule has 1 aromatic carbocycles. The molecule has 3 aromatic rings. The van der Waals surface area contributed by atoms with Crippen molar-refractivity contribution in [3.63, 3.8) is 0 Å². The Hall–Kier alpha value is -4.01. The number of carbonyl (C=O) groups excluding carboxylic acids is 1. The number of nitrogens with one attached hydrogen (secondary N) is 1. The van der Waals surface area contributed by atoms with Crippen LogP contribution in [0.1, 0.15) is 67.4 Å². The molecular formula is C33H40N8O3. The summed E-state index contributed by atoms with van der Waals surface area (Å²) in [5.74, 6) is 1.02. The first-order valence-corrected chi connectivity index (χ1v) is 16.0. The number of aryl methyl sites for hydroxylation is 1.